The molecule has 0 fully saturated rings. The lowest BCUT2D eigenvalue weighted by atomic mass is 9.94. The first-order valence-electron chi connectivity index (χ1n) is 9.99. The molecule has 8 heteroatoms. The molecule has 31 heavy (non-hydrogen) atoms. The molecule has 1 atom stereocenters. The van der Waals surface area contributed by atoms with Crippen LogP contribution >= 0.6 is 11.6 Å². The van der Waals surface area contributed by atoms with Crippen molar-refractivity contribution in [3.63, 3.8) is 0 Å². The van der Waals surface area contributed by atoms with Crippen molar-refractivity contribution in [2.75, 3.05) is 26.9 Å². The number of benzene rings is 2. The van der Waals surface area contributed by atoms with Crippen molar-refractivity contribution in [1.82, 2.24) is 10.2 Å². The largest absolute Gasteiger partial charge is 0.497 e. The molecule has 1 heterocycles. The number of hydrogen-bond acceptors (Lipinski definition) is 5. The van der Waals surface area contributed by atoms with E-state index in [0.29, 0.717) is 39.9 Å². The molecule has 0 saturated carbocycles. The number of urea groups is 1. The summed E-state index contributed by atoms with van der Waals surface area (Å²) in [5, 5.41) is 3.39. The van der Waals surface area contributed by atoms with Crippen LogP contribution in [0.2, 0.25) is 5.02 Å². The Labute approximate surface area is 186 Å². The van der Waals surface area contributed by atoms with E-state index in [2.05, 4.69) is 5.32 Å². The summed E-state index contributed by atoms with van der Waals surface area (Å²) in [6.45, 7) is 4.14. The predicted molar refractivity (Wildman–Crippen MR) is 117 cm³/mol. The number of likely N-dealkylation sites (N-methyl/N-ethyl adjacent to an activating group) is 1. The summed E-state index contributed by atoms with van der Waals surface area (Å²) < 4.78 is 16.4. The average molecular weight is 445 g/mol. The molecule has 0 radical (unpaired) electrons. The Morgan fingerprint density at radius 2 is 1.84 bits per heavy atom. The number of nitrogens with one attached hydrogen (secondary N) is 1. The average Bonchev–Trinajstić information content (AvgIpc) is 2.77. The lowest BCUT2D eigenvalue weighted by molar-refractivity contribution is -0.139. The summed E-state index contributed by atoms with van der Waals surface area (Å²) in [6, 6.07) is 13.1. The molecule has 0 bridgehead atoms. The minimum absolute atomic E-state index is 0.0127. The second-order valence-electron chi connectivity index (χ2n) is 6.73. The Balaban J connectivity index is 2.03. The second-order valence-corrected chi connectivity index (χ2v) is 7.16. The molecule has 1 unspecified atom stereocenters. The van der Waals surface area contributed by atoms with Crippen molar-refractivity contribution in [3.8, 4) is 11.5 Å². The number of hydrogen-bond donors (Lipinski definition) is 1. The fourth-order valence-electron chi connectivity index (χ4n) is 3.40. The van der Waals surface area contributed by atoms with E-state index >= 15 is 0 Å². The van der Waals surface area contributed by atoms with Crippen LogP contribution in [0.5, 0.6) is 11.5 Å². The minimum Gasteiger partial charge on any atom is -0.497 e. The minimum atomic E-state index is -0.706. The van der Waals surface area contributed by atoms with Crippen LogP contribution < -0.4 is 14.8 Å². The predicted octanol–water partition coefficient (Wildman–Crippen LogP) is 4.33. The van der Waals surface area contributed by atoms with Gasteiger partial charge in [-0.3, -0.25) is 4.90 Å². The molecular weight excluding hydrogens is 420 g/mol. The van der Waals surface area contributed by atoms with Crippen LogP contribution in [0.1, 0.15) is 25.5 Å². The van der Waals surface area contributed by atoms with Crippen LogP contribution in [0.25, 0.3) is 0 Å². The Morgan fingerprint density at radius 3 is 2.45 bits per heavy atom. The molecule has 2 amide bonds. The molecular formula is C23H25ClN2O5. The zero-order chi connectivity index (χ0) is 22.4. The number of amides is 2. The lowest BCUT2D eigenvalue weighted by Gasteiger charge is -2.36. The first-order chi connectivity index (χ1) is 15.0. The highest BCUT2D eigenvalue weighted by Crippen LogP contribution is 2.33. The van der Waals surface area contributed by atoms with Gasteiger partial charge in [0, 0.05) is 11.6 Å². The van der Waals surface area contributed by atoms with Crippen molar-refractivity contribution in [2.45, 2.75) is 19.9 Å². The first-order valence-corrected chi connectivity index (χ1v) is 10.4. The topological polar surface area (TPSA) is 77.1 Å². The number of carbonyl (C=O) groups excluding carboxylic acids is 2. The maximum atomic E-state index is 13.0. The quantitative estimate of drug-likeness (QED) is 0.613. The van der Waals surface area contributed by atoms with Crippen LogP contribution in [0.4, 0.5) is 4.79 Å². The van der Waals surface area contributed by atoms with Gasteiger partial charge in [-0.25, -0.2) is 9.59 Å². The van der Waals surface area contributed by atoms with E-state index < -0.39 is 12.0 Å². The smallest absolute Gasteiger partial charge is 0.338 e. The third kappa shape index (κ3) is 5.11. The van der Waals surface area contributed by atoms with Gasteiger partial charge >= 0.3 is 12.0 Å². The lowest BCUT2D eigenvalue weighted by Crippen LogP contribution is -2.49. The second kappa shape index (κ2) is 10.2. The van der Waals surface area contributed by atoms with E-state index in [1.165, 1.54) is 4.90 Å². The first kappa shape index (κ1) is 22.5. The van der Waals surface area contributed by atoms with Crippen molar-refractivity contribution < 1.29 is 23.8 Å². The molecule has 0 spiro atoms. The number of methoxy groups -OCH3 is 1. The van der Waals surface area contributed by atoms with Crippen LogP contribution in [-0.4, -0.2) is 43.8 Å². The van der Waals surface area contributed by atoms with E-state index in [-0.39, 0.29) is 19.2 Å². The van der Waals surface area contributed by atoms with E-state index in [1.54, 1.807) is 62.6 Å². The van der Waals surface area contributed by atoms with E-state index in [1.807, 2.05) is 6.92 Å². The Bertz CT molecular complexity index is 974. The van der Waals surface area contributed by atoms with Gasteiger partial charge in [0.1, 0.15) is 18.1 Å². The van der Waals surface area contributed by atoms with Gasteiger partial charge in [0.25, 0.3) is 0 Å². The summed E-state index contributed by atoms with van der Waals surface area (Å²) in [4.78, 5) is 27.3. The Morgan fingerprint density at radius 1 is 1.13 bits per heavy atom. The number of rotatable bonds is 8. The van der Waals surface area contributed by atoms with Crippen molar-refractivity contribution >= 4 is 23.6 Å². The number of esters is 1. The van der Waals surface area contributed by atoms with E-state index in [4.69, 9.17) is 25.8 Å². The maximum absolute atomic E-state index is 13.0. The molecule has 1 N–H and O–H groups in total. The number of carbonyl (C=O) groups is 2. The third-order valence-electron chi connectivity index (χ3n) is 4.87. The summed E-state index contributed by atoms with van der Waals surface area (Å²) >= 11 is 6.16. The van der Waals surface area contributed by atoms with Gasteiger partial charge in [0.2, 0.25) is 0 Å². The van der Waals surface area contributed by atoms with Crippen LogP contribution in [-0.2, 0) is 9.53 Å². The summed E-state index contributed by atoms with van der Waals surface area (Å²) in [5.41, 5.74) is 1.45. The van der Waals surface area contributed by atoms with Gasteiger partial charge in [0.15, 0.2) is 0 Å². The molecule has 3 rings (SSSR count). The fraction of sp³-hybridized carbons (Fsp3) is 0.304. The standard InChI is InChI=1S/C23H25ClN2O5/c1-4-26-19(14-31-18-11-9-17(29-3)10-12-18)20(22(27)30-5-2)21(25-23(26)28)15-7-6-8-16(24)13-15/h6-13,21H,4-5,14H2,1-3H3,(H,25,28). The van der Waals surface area contributed by atoms with E-state index in [9.17, 15) is 9.59 Å². The normalized spacial score (nSPS) is 16.1. The highest BCUT2D eigenvalue weighted by Gasteiger charge is 2.38. The molecule has 1 aliphatic heterocycles. The van der Waals surface area contributed by atoms with Gasteiger partial charge in [-0.1, -0.05) is 23.7 Å². The summed E-state index contributed by atoms with van der Waals surface area (Å²) in [5.74, 6) is 0.768. The van der Waals surface area contributed by atoms with Gasteiger partial charge in [-0.05, 0) is 55.8 Å². The highest BCUT2D eigenvalue weighted by molar-refractivity contribution is 6.30. The van der Waals surface area contributed by atoms with Gasteiger partial charge in [-0.2, -0.15) is 0 Å². The van der Waals surface area contributed by atoms with Gasteiger partial charge in [-0.15, -0.1) is 0 Å². The molecule has 0 aliphatic carbocycles. The SMILES string of the molecule is CCOC(=O)C1=C(COc2ccc(OC)cc2)N(CC)C(=O)NC1c1cccc(Cl)c1. The number of nitrogens with zero attached hydrogens (tertiary/aromatic N) is 1. The molecule has 164 valence electrons. The number of ether oxygens (including phenoxy) is 3. The maximum Gasteiger partial charge on any atom is 0.338 e. The van der Waals surface area contributed by atoms with Gasteiger partial charge in [0.05, 0.1) is 31.0 Å². The summed E-state index contributed by atoms with van der Waals surface area (Å²) in [7, 11) is 1.59. The molecule has 1 aliphatic rings. The van der Waals surface area contributed by atoms with Crippen LogP contribution in [0, 0.1) is 0 Å². The molecule has 0 aromatic heterocycles. The highest BCUT2D eigenvalue weighted by atomic mass is 35.5. The van der Waals surface area contributed by atoms with Crippen LogP contribution in [0.15, 0.2) is 59.8 Å². The van der Waals surface area contributed by atoms with Crippen molar-refractivity contribution in [2.24, 2.45) is 0 Å². The van der Waals surface area contributed by atoms with Gasteiger partial charge < -0.3 is 19.5 Å². The van der Waals surface area contributed by atoms with Crippen molar-refractivity contribution in [1.29, 1.82) is 0 Å². The number of halogens is 1. The third-order valence-corrected chi connectivity index (χ3v) is 5.10. The molecule has 7 nitrogen and oxygen atoms in total. The monoisotopic (exact) mass is 444 g/mol. The summed E-state index contributed by atoms with van der Waals surface area (Å²) in [6.07, 6.45) is 0. The molecule has 2 aromatic carbocycles. The fourth-order valence-corrected chi connectivity index (χ4v) is 3.60. The molecule has 2 aromatic rings. The Kier molecular flexibility index (Phi) is 7.41. The van der Waals surface area contributed by atoms with E-state index in [0.717, 1.165) is 0 Å². The van der Waals surface area contributed by atoms with Crippen molar-refractivity contribution in [3.05, 3.63) is 70.4 Å². The Hall–Kier alpha value is -3.19. The zero-order valence-electron chi connectivity index (χ0n) is 17.7. The zero-order valence-corrected chi connectivity index (χ0v) is 18.4. The molecule has 0 saturated heterocycles. The van der Waals surface area contributed by atoms with Crippen LogP contribution in [0.3, 0.4) is 0 Å².